The van der Waals surface area contributed by atoms with Crippen molar-refractivity contribution < 1.29 is 14.6 Å². The van der Waals surface area contributed by atoms with Crippen molar-refractivity contribution in [1.29, 1.82) is 0 Å². The standard InChI is InChI=1S/C23H26N6O3/c30-22(19-8-12-24-13-9-19)27-25-16-18-4-6-20(7-5-18)32-15-14-29-17-21(26-28-29)23(31)10-2-1-3-11-23/h4-9,12-13,16-17,31H,1-3,10-11,14-15H2,(H,27,30)/b25-16+. The number of nitrogens with zero attached hydrogens (tertiary/aromatic N) is 5. The Hall–Kier alpha value is -3.59. The predicted octanol–water partition coefficient (Wildman–Crippen LogP) is 2.67. The molecule has 1 aliphatic carbocycles. The van der Waals surface area contributed by atoms with Crippen molar-refractivity contribution >= 4 is 12.1 Å². The van der Waals surface area contributed by atoms with E-state index in [4.69, 9.17) is 4.74 Å². The van der Waals surface area contributed by atoms with Crippen molar-refractivity contribution in [2.45, 2.75) is 44.2 Å². The van der Waals surface area contributed by atoms with Gasteiger partial charge in [0.15, 0.2) is 0 Å². The van der Waals surface area contributed by atoms with Crippen molar-refractivity contribution in [2.24, 2.45) is 5.10 Å². The lowest BCUT2D eigenvalue weighted by Gasteiger charge is -2.29. The van der Waals surface area contributed by atoms with Crippen LogP contribution in [-0.2, 0) is 12.1 Å². The number of hydrogen-bond acceptors (Lipinski definition) is 7. The molecule has 4 rings (SSSR count). The van der Waals surface area contributed by atoms with Gasteiger partial charge in [0, 0.05) is 18.0 Å². The number of carbonyl (C=O) groups is 1. The van der Waals surface area contributed by atoms with E-state index in [1.165, 1.54) is 0 Å². The van der Waals surface area contributed by atoms with Gasteiger partial charge in [0.05, 0.1) is 19.0 Å². The van der Waals surface area contributed by atoms with Crippen LogP contribution in [0.5, 0.6) is 5.75 Å². The van der Waals surface area contributed by atoms with E-state index in [0.717, 1.165) is 37.7 Å². The molecular weight excluding hydrogens is 408 g/mol. The Kier molecular flexibility index (Phi) is 6.86. The van der Waals surface area contributed by atoms with Crippen molar-refractivity contribution in [3.05, 3.63) is 71.8 Å². The van der Waals surface area contributed by atoms with Gasteiger partial charge in [0.25, 0.3) is 5.91 Å². The Morgan fingerprint density at radius 1 is 1.16 bits per heavy atom. The van der Waals surface area contributed by atoms with Gasteiger partial charge in [-0.05, 0) is 54.8 Å². The topological polar surface area (TPSA) is 115 Å². The van der Waals surface area contributed by atoms with Crippen LogP contribution in [0.25, 0.3) is 0 Å². The van der Waals surface area contributed by atoms with E-state index in [9.17, 15) is 9.90 Å². The Morgan fingerprint density at radius 3 is 2.66 bits per heavy atom. The van der Waals surface area contributed by atoms with E-state index in [2.05, 4.69) is 25.8 Å². The largest absolute Gasteiger partial charge is 0.492 e. The fourth-order valence-corrected chi connectivity index (χ4v) is 3.65. The molecule has 9 heteroatoms. The van der Waals surface area contributed by atoms with Gasteiger partial charge >= 0.3 is 0 Å². The van der Waals surface area contributed by atoms with E-state index < -0.39 is 5.60 Å². The lowest BCUT2D eigenvalue weighted by molar-refractivity contribution is -0.00475. The summed E-state index contributed by atoms with van der Waals surface area (Å²) in [4.78, 5) is 15.8. The van der Waals surface area contributed by atoms with Gasteiger partial charge in [-0.2, -0.15) is 5.10 Å². The van der Waals surface area contributed by atoms with Crippen LogP contribution >= 0.6 is 0 Å². The van der Waals surface area contributed by atoms with Gasteiger partial charge in [0.1, 0.15) is 23.7 Å². The third kappa shape index (κ3) is 5.55. The monoisotopic (exact) mass is 434 g/mol. The summed E-state index contributed by atoms with van der Waals surface area (Å²) >= 11 is 0. The highest BCUT2D eigenvalue weighted by Gasteiger charge is 2.33. The molecule has 1 aromatic carbocycles. The molecule has 0 spiro atoms. The molecule has 0 bridgehead atoms. The molecule has 2 aromatic heterocycles. The number of aliphatic hydroxyl groups is 1. The molecule has 1 amide bonds. The Morgan fingerprint density at radius 2 is 1.91 bits per heavy atom. The molecule has 32 heavy (non-hydrogen) atoms. The number of ether oxygens (including phenoxy) is 1. The molecule has 0 unspecified atom stereocenters. The average Bonchev–Trinajstić information content (AvgIpc) is 3.31. The summed E-state index contributed by atoms with van der Waals surface area (Å²) in [6.07, 6.45) is 11.2. The SMILES string of the molecule is O=C(N/N=C/c1ccc(OCCn2cc(C3(O)CCCCC3)nn2)cc1)c1ccncc1. The second kappa shape index (κ2) is 10.1. The van der Waals surface area contributed by atoms with Crippen LogP contribution in [0.2, 0.25) is 0 Å². The third-order valence-corrected chi connectivity index (χ3v) is 5.49. The first-order valence-electron chi connectivity index (χ1n) is 10.7. The second-order valence-electron chi connectivity index (χ2n) is 7.81. The molecule has 9 nitrogen and oxygen atoms in total. The number of hydrogen-bond donors (Lipinski definition) is 2. The number of benzene rings is 1. The minimum atomic E-state index is -0.841. The molecule has 2 N–H and O–H groups in total. The molecule has 1 aliphatic rings. The number of amides is 1. The normalized spacial score (nSPS) is 15.5. The molecule has 0 atom stereocenters. The summed E-state index contributed by atoms with van der Waals surface area (Å²) in [6, 6.07) is 10.6. The maximum absolute atomic E-state index is 11.9. The molecule has 2 heterocycles. The van der Waals surface area contributed by atoms with Gasteiger partial charge in [-0.15, -0.1) is 5.10 Å². The van der Waals surface area contributed by atoms with Crippen LogP contribution in [0, 0.1) is 0 Å². The Labute approximate surface area is 186 Å². The van der Waals surface area contributed by atoms with Crippen LogP contribution < -0.4 is 10.2 Å². The van der Waals surface area contributed by atoms with E-state index in [1.54, 1.807) is 35.4 Å². The van der Waals surface area contributed by atoms with Crippen molar-refractivity contribution in [3.63, 3.8) is 0 Å². The first-order valence-corrected chi connectivity index (χ1v) is 10.7. The van der Waals surface area contributed by atoms with Crippen LogP contribution in [0.3, 0.4) is 0 Å². The zero-order chi connectivity index (χ0) is 22.2. The number of pyridine rings is 1. The van der Waals surface area contributed by atoms with Gasteiger partial charge in [-0.1, -0.05) is 24.5 Å². The number of aromatic nitrogens is 4. The maximum atomic E-state index is 11.9. The number of rotatable bonds is 8. The van der Waals surface area contributed by atoms with Crippen molar-refractivity contribution in [1.82, 2.24) is 25.4 Å². The van der Waals surface area contributed by atoms with Crippen molar-refractivity contribution in [2.75, 3.05) is 6.61 Å². The van der Waals surface area contributed by atoms with Gasteiger partial charge in [-0.25, -0.2) is 10.1 Å². The Bertz CT molecular complexity index is 1040. The van der Waals surface area contributed by atoms with Crippen LogP contribution in [-0.4, -0.2) is 43.8 Å². The third-order valence-electron chi connectivity index (χ3n) is 5.49. The van der Waals surface area contributed by atoms with Crippen molar-refractivity contribution in [3.8, 4) is 5.75 Å². The first-order chi connectivity index (χ1) is 15.6. The van der Waals surface area contributed by atoms with Crippen LogP contribution in [0.1, 0.15) is 53.7 Å². The first kappa shape index (κ1) is 21.6. The number of carbonyl (C=O) groups excluding carboxylic acids is 1. The zero-order valence-electron chi connectivity index (χ0n) is 17.7. The number of hydrazone groups is 1. The quantitative estimate of drug-likeness (QED) is 0.416. The summed E-state index contributed by atoms with van der Waals surface area (Å²) in [5, 5.41) is 23.0. The smallest absolute Gasteiger partial charge is 0.271 e. The summed E-state index contributed by atoms with van der Waals surface area (Å²) in [6.45, 7) is 0.962. The van der Waals surface area contributed by atoms with E-state index in [0.29, 0.717) is 30.2 Å². The molecule has 0 aliphatic heterocycles. The van der Waals surface area contributed by atoms with E-state index in [-0.39, 0.29) is 5.91 Å². The molecular formula is C23H26N6O3. The zero-order valence-corrected chi connectivity index (χ0v) is 17.7. The maximum Gasteiger partial charge on any atom is 0.271 e. The summed E-state index contributed by atoms with van der Waals surface area (Å²) in [7, 11) is 0. The van der Waals surface area contributed by atoms with E-state index >= 15 is 0 Å². The average molecular weight is 435 g/mol. The van der Waals surface area contributed by atoms with Gasteiger partial charge < -0.3 is 9.84 Å². The highest BCUT2D eigenvalue weighted by atomic mass is 16.5. The van der Waals surface area contributed by atoms with Gasteiger partial charge in [-0.3, -0.25) is 9.78 Å². The van der Waals surface area contributed by atoms with Crippen LogP contribution in [0.4, 0.5) is 0 Å². The fourth-order valence-electron chi connectivity index (χ4n) is 3.65. The number of nitrogens with one attached hydrogen (secondary N) is 1. The van der Waals surface area contributed by atoms with Gasteiger partial charge in [0.2, 0.25) is 0 Å². The molecule has 166 valence electrons. The molecule has 1 saturated carbocycles. The lowest BCUT2D eigenvalue weighted by atomic mass is 9.83. The van der Waals surface area contributed by atoms with E-state index in [1.807, 2.05) is 30.5 Å². The minimum absolute atomic E-state index is 0.296. The molecule has 0 radical (unpaired) electrons. The summed E-state index contributed by atoms with van der Waals surface area (Å²) in [5.74, 6) is 0.421. The summed E-state index contributed by atoms with van der Waals surface area (Å²) < 4.78 is 7.48. The summed E-state index contributed by atoms with van der Waals surface area (Å²) in [5.41, 5.74) is 3.61. The molecule has 3 aromatic rings. The Balaban J connectivity index is 1.23. The highest BCUT2D eigenvalue weighted by molar-refractivity contribution is 5.94. The molecule has 0 saturated heterocycles. The lowest BCUT2D eigenvalue weighted by Crippen LogP contribution is -2.28. The minimum Gasteiger partial charge on any atom is -0.492 e. The predicted molar refractivity (Wildman–Crippen MR) is 118 cm³/mol. The fraction of sp³-hybridized carbons (Fsp3) is 0.348. The second-order valence-corrected chi connectivity index (χ2v) is 7.81. The molecule has 1 fully saturated rings. The van der Waals surface area contributed by atoms with Crippen LogP contribution in [0.15, 0.2) is 60.1 Å². The highest BCUT2D eigenvalue weighted by Crippen LogP contribution is 2.35.